The highest BCUT2D eigenvalue weighted by atomic mass is 79.9. The van der Waals surface area contributed by atoms with E-state index in [-0.39, 0.29) is 27.9 Å². The van der Waals surface area contributed by atoms with Gasteiger partial charge < -0.3 is 10.5 Å². The zero-order valence-electron chi connectivity index (χ0n) is 11.1. The van der Waals surface area contributed by atoms with E-state index >= 15 is 0 Å². The molecule has 2 rings (SSSR count). The van der Waals surface area contributed by atoms with Crippen LogP contribution in [0.5, 0.6) is 0 Å². The number of esters is 1. The summed E-state index contributed by atoms with van der Waals surface area (Å²) in [6.07, 6.45) is 0. The Balaban J connectivity index is 2.13. The molecule has 0 saturated heterocycles. The molecule has 0 fully saturated rings. The molecule has 2 aromatic carbocycles. The molecule has 21 heavy (non-hydrogen) atoms. The summed E-state index contributed by atoms with van der Waals surface area (Å²) < 4.78 is 32.2. The van der Waals surface area contributed by atoms with Crippen molar-refractivity contribution in [3.63, 3.8) is 0 Å². The van der Waals surface area contributed by atoms with Gasteiger partial charge in [-0.1, -0.05) is 6.07 Å². The van der Waals surface area contributed by atoms with Crippen LogP contribution >= 0.6 is 15.9 Å². The van der Waals surface area contributed by atoms with E-state index in [0.29, 0.717) is 5.56 Å². The smallest absolute Gasteiger partial charge is 0.341 e. The van der Waals surface area contributed by atoms with Gasteiger partial charge in [0.15, 0.2) is 0 Å². The molecule has 0 unspecified atom stereocenters. The summed E-state index contributed by atoms with van der Waals surface area (Å²) in [7, 11) is 0. The molecule has 0 atom stereocenters. The van der Waals surface area contributed by atoms with Crippen molar-refractivity contribution in [1.29, 1.82) is 0 Å². The normalized spacial score (nSPS) is 10.5. The molecule has 0 saturated carbocycles. The van der Waals surface area contributed by atoms with Gasteiger partial charge in [-0.15, -0.1) is 0 Å². The molecule has 2 N–H and O–H groups in total. The monoisotopic (exact) mass is 355 g/mol. The van der Waals surface area contributed by atoms with Gasteiger partial charge in [-0.2, -0.15) is 0 Å². The third kappa shape index (κ3) is 3.58. The van der Waals surface area contributed by atoms with E-state index in [1.54, 1.807) is 0 Å². The van der Waals surface area contributed by atoms with Gasteiger partial charge in [0.25, 0.3) is 0 Å². The standard InChI is InChI=1S/C15H12BrF2NO2/c1-8-4-10(19)6-11(14(8)18)15(20)21-7-9-2-3-13(17)12(16)5-9/h2-6H,7,19H2,1H3. The fourth-order valence-corrected chi connectivity index (χ4v) is 2.23. The number of aryl methyl sites for hydroxylation is 1. The predicted octanol–water partition coefficient (Wildman–Crippen LogP) is 3.97. The number of nitrogen functional groups attached to an aromatic ring is 1. The quantitative estimate of drug-likeness (QED) is 0.669. The Labute approximate surface area is 128 Å². The Bertz CT molecular complexity index is 704. The van der Waals surface area contributed by atoms with Crippen LogP contribution in [0.2, 0.25) is 0 Å². The number of rotatable bonds is 3. The van der Waals surface area contributed by atoms with E-state index in [2.05, 4.69) is 15.9 Å². The molecular weight excluding hydrogens is 344 g/mol. The maximum atomic E-state index is 13.9. The summed E-state index contributed by atoms with van der Waals surface area (Å²) in [6.45, 7) is 1.42. The first kappa shape index (κ1) is 15.4. The maximum absolute atomic E-state index is 13.9. The fourth-order valence-electron chi connectivity index (χ4n) is 1.80. The van der Waals surface area contributed by atoms with Gasteiger partial charge in [0, 0.05) is 5.69 Å². The molecule has 0 amide bonds. The number of halogens is 3. The third-order valence-electron chi connectivity index (χ3n) is 2.85. The van der Waals surface area contributed by atoms with Crippen molar-refractivity contribution < 1.29 is 18.3 Å². The van der Waals surface area contributed by atoms with E-state index in [1.807, 2.05) is 0 Å². The second-order valence-corrected chi connectivity index (χ2v) is 5.38. The molecule has 110 valence electrons. The van der Waals surface area contributed by atoms with Crippen LogP contribution in [-0.2, 0) is 11.3 Å². The van der Waals surface area contributed by atoms with Crippen molar-refractivity contribution in [2.24, 2.45) is 0 Å². The van der Waals surface area contributed by atoms with Crippen molar-refractivity contribution in [3.8, 4) is 0 Å². The lowest BCUT2D eigenvalue weighted by Gasteiger charge is -2.08. The van der Waals surface area contributed by atoms with Crippen LogP contribution in [0, 0.1) is 18.6 Å². The number of benzene rings is 2. The zero-order chi connectivity index (χ0) is 15.6. The number of hydrogen-bond acceptors (Lipinski definition) is 3. The molecule has 0 heterocycles. The molecule has 2 aromatic rings. The summed E-state index contributed by atoms with van der Waals surface area (Å²) in [5, 5.41) is 0. The Kier molecular flexibility index (Phi) is 4.57. The molecule has 3 nitrogen and oxygen atoms in total. The van der Waals surface area contributed by atoms with Gasteiger partial charge in [0.2, 0.25) is 0 Å². The van der Waals surface area contributed by atoms with Gasteiger partial charge >= 0.3 is 5.97 Å². The second kappa shape index (κ2) is 6.22. The van der Waals surface area contributed by atoms with Crippen LogP contribution in [0.15, 0.2) is 34.8 Å². The minimum Gasteiger partial charge on any atom is -0.457 e. The SMILES string of the molecule is Cc1cc(N)cc(C(=O)OCc2ccc(F)c(Br)c2)c1F. The van der Waals surface area contributed by atoms with Crippen LogP contribution < -0.4 is 5.73 Å². The minimum absolute atomic E-state index is 0.0923. The Morgan fingerprint density at radius 3 is 2.67 bits per heavy atom. The predicted molar refractivity (Wildman–Crippen MR) is 78.8 cm³/mol. The van der Waals surface area contributed by atoms with Crippen molar-refractivity contribution in [2.45, 2.75) is 13.5 Å². The first-order valence-electron chi connectivity index (χ1n) is 6.05. The highest BCUT2D eigenvalue weighted by molar-refractivity contribution is 9.10. The number of ether oxygens (including phenoxy) is 1. The highest BCUT2D eigenvalue weighted by Gasteiger charge is 2.16. The van der Waals surface area contributed by atoms with E-state index < -0.39 is 17.6 Å². The van der Waals surface area contributed by atoms with Crippen LogP contribution in [0.25, 0.3) is 0 Å². The summed E-state index contributed by atoms with van der Waals surface area (Å²) in [5.41, 5.74) is 6.51. The lowest BCUT2D eigenvalue weighted by Crippen LogP contribution is -2.09. The van der Waals surface area contributed by atoms with Gasteiger partial charge in [-0.25, -0.2) is 13.6 Å². The number of hydrogen-bond donors (Lipinski definition) is 1. The minimum atomic E-state index is -0.816. The van der Waals surface area contributed by atoms with Crippen molar-refractivity contribution >= 4 is 27.6 Å². The lowest BCUT2D eigenvalue weighted by atomic mass is 10.1. The summed E-state index contributed by atoms with van der Waals surface area (Å²) in [5.74, 6) is -1.89. The number of carbonyl (C=O) groups excluding carboxylic acids is 1. The fraction of sp³-hybridized carbons (Fsp3) is 0.133. The van der Waals surface area contributed by atoms with E-state index in [0.717, 1.165) is 0 Å². The molecule has 0 aliphatic carbocycles. The number of carbonyl (C=O) groups is 1. The van der Waals surface area contributed by atoms with Crippen LogP contribution in [0.3, 0.4) is 0 Å². The average molecular weight is 356 g/mol. The molecule has 0 aromatic heterocycles. The summed E-state index contributed by atoms with van der Waals surface area (Å²) >= 11 is 3.04. The van der Waals surface area contributed by atoms with E-state index in [9.17, 15) is 13.6 Å². The molecule has 0 radical (unpaired) electrons. The van der Waals surface area contributed by atoms with Gasteiger partial charge in [-0.3, -0.25) is 0 Å². The maximum Gasteiger partial charge on any atom is 0.341 e. The Hall–Kier alpha value is -1.95. The van der Waals surface area contributed by atoms with E-state index in [4.69, 9.17) is 10.5 Å². The summed E-state index contributed by atoms with van der Waals surface area (Å²) in [4.78, 5) is 11.9. The molecule has 0 aliphatic heterocycles. The largest absolute Gasteiger partial charge is 0.457 e. The number of nitrogens with two attached hydrogens (primary N) is 1. The third-order valence-corrected chi connectivity index (χ3v) is 3.46. The van der Waals surface area contributed by atoms with Crippen molar-refractivity contribution in [1.82, 2.24) is 0 Å². The Morgan fingerprint density at radius 1 is 1.29 bits per heavy atom. The van der Waals surface area contributed by atoms with Crippen LogP contribution in [0.1, 0.15) is 21.5 Å². The number of anilines is 1. The topological polar surface area (TPSA) is 52.3 Å². The second-order valence-electron chi connectivity index (χ2n) is 4.52. The summed E-state index contributed by atoms with van der Waals surface area (Å²) in [6, 6.07) is 6.88. The molecule has 0 spiro atoms. The first-order valence-corrected chi connectivity index (χ1v) is 6.84. The van der Waals surface area contributed by atoms with Crippen molar-refractivity contribution in [3.05, 3.63) is 63.1 Å². The van der Waals surface area contributed by atoms with Gasteiger partial charge in [0.1, 0.15) is 18.2 Å². The van der Waals surface area contributed by atoms with Gasteiger partial charge in [0.05, 0.1) is 10.0 Å². The molecular formula is C15H12BrF2NO2. The molecule has 0 bridgehead atoms. The van der Waals surface area contributed by atoms with E-state index in [1.165, 1.54) is 37.3 Å². The van der Waals surface area contributed by atoms with Crippen LogP contribution in [0.4, 0.5) is 14.5 Å². The highest BCUT2D eigenvalue weighted by Crippen LogP contribution is 2.20. The first-order chi connectivity index (χ1) is 9.88. The van der Waals surface area contributed by atoms with Crippen LogP contribution in [-0.4, -0.2) is 5.97 Å². The lowest BCUT2D eigenvalue weighted by molar-refractivity contribution is 0.0467. The Morgan fingerprint density at radius 2 is 2.00 bits per heavy atom. The zero-order valence-corrected chi connectivity index (χ0v) is 12.7. The average Bonchev–Trinajstić information content (AvgIpc) is 2.43. The van der Waals surface area contributed by atoms with Crippen molar-refractivity contribution in [2.75, 3.05) is 5.73 Å². The molecule has 0 aliphatic rings. The molecule has 6 heteroatoms. The van der Waals surface area contributed by atoms with Gasteiger partial charge in [-0.05, 0) is 58.2 Å².